The number of hydrogen-bond acceptors (Lipinski definition) is 2. The Hall–Kier alpha value is -1.27. The van der Waals surface area contributed by atoms with Gasteiger partial charge < -0.3 is 5.32 Å². The lowest BCUT2D eigenvalue weighted by Crippen LogP contribution is -2.17. The molecular formula is C11H12ClFN2. The molecule has 0 heterocycles. The van der Waals surface area contributed by atoms with Gasteiger partial charge in [0.05, 0.1) is 17.5 Å². The number of rotatable bonds is 4. The zero-order chi connectivity index (χ0) is 11.3. The monoisotopic (exact) mass is 226 g/mol. The molecule has 1 aromatic carbocycles. The molecule has 0 radical (unpaired) electrons. The maximum absolute atomic E-state index is 12.9. The van der Waals surface area contributed by atoms with Gasteiger partial charge >= 0.3 is 0 Å². The summed E-state index contributed by atoms with van der Waals surface area (Å²) in [6.45, 7) is 1.99. The molecule has 1 rings (SSSR count). The van der Waals surface area contributed by atoms with Gasteiger partial charge in [0.1, 0.15) is 5.82 Å². The van der Waals surface area contributed by atoms with Crippen molar-refractivity contribution < 1.29 is 4.39 Å². The molecule has 1 aromatic rings. The lowest BCUT2D eigenvalue weighted by molar-refractivity contribution is 0.628. The van der Waals surface area contributed by atoms with Gasteiger partial charge in [-0.1, -0.05) is 18.5 Å². The Morgan fingerprint density at radius 1 is 1.60 bits per heavy atom. The SMILES string of the molecule is CCC(CC#N)Nc1ccc(F)c(Cl)c1. The lowest BCUT2D eigenvalue weighted by Gasteiger charge is -2.15. The van der Waals surface area contributed by atoms with Crippen molar-refractivity contribution in [3.63, 3.8) is 0 Å². The number of nitrogens with one attached hydrogen (secondary N) is 1. The van der Waals surface area contributed by atoms with Crippen LogP contribution in [0.25, 0.3) is 0 Å². The predicted octanol–water partition coefficient (Wildman–Crippen LogP) is 3.58. The van der Waals surface area contributed by atoms with E-state index in [2.05, 4.69) is 11.4 Å². The Labute approximate surface area is 93.7 Å². The highest BCUT2D eigenvalue weighted by atomic mass is 35.5. The van der Waals surface area contributed by atoms with Crippen LogP contribution in [0.1, 0.15) is 19.8 Å². The molecule has 4 heteroatoms. The molecule has 0 bridgehead atoms. The first-order chi connectivity index (χ1) is 7.17. The molecule has 0 aromatic heterocycles. The molecule has 15 heavy (non-hydrogen) atoms. The maximum Gasteiger partial charge on any atom is 0.141 e. The summed E-state index contributed by atoms with van der Waals surface area (Å²) in [6, 6.07) is 6.62. The topological polar surface area (TPSA) is 35.8 Å². The van der Waals surface area contributed by atoms with Gasteiger partial charge in [-0.2, -0.15) is 5.26 Å². The third-order valence-corrected chi connectivity index (χ3v) is 2.41. The van der Waals surface area contributed by atoms with Crippen molar-refractivity contribution in [2.75, 3.05) is 5.32 Å². The van der Waals surface area contributed by atoms with Crippen LogP contribution in [0.3, 0.4) is 0 Å². The second-order valence-corrected chi connectivity index (χ2v) is 3.65. The van der Waals surface area contributed by atoms with Crippen molar-refractivity contribution in [2.24, 2.45) is 0 Å². The van der Waals surface area contributed by atoms with E-state index in [1.807, 2.05) is 6.92 Å². The van der Waals surface area contributed by atoms with Gasteiger partial charge in [0.25, 0.3) is 0 Å². The quantitative estimate of drug-likeness (QED) is 0.852. The molecule has 1 atom stereocenters. The van der Waals surface area contributed by atoms with Crippen molar-refractivity contribution >= 4 is 17.3 Å². The third-order valence-electron chi connectivity index (χ3n) is 2.12. The Morgan fingerprint density at radius 3 is 2.87 bits per heavy atom. The minimum atomic E-state index is -0.435. The van der Waals surface area contributed by atoms with Crippen molar-refractivity contribution in [2.45, 2.75) is 25.8 Å². The van der Waals surface area contributed by atoms with Gasteiger partial charge in [0.2, 0.25) is 0 Å². The van der Waals surface area contributed by atoms with Crippen LogP contribution in [-0.4, -0.2) is 6.04 Å². The smallest absolute Gasteiger partial charge is 0.141 e. The van der Waals surface area contributed by atoms with Crippen LogP contribution in [0.4, 0.5) is 10.1 Å². The minimum Gasteiger partial charge on any atom is -0.381 e. The Balaban J connectivity index is 2.71. The number of anilines is 1. The summed E-state index contributed by atoms with van der Waals surface area (Å²) in [5.74, 6) is -0.435. The number of nitrogens with zero attached hydrogens (tertiary/aromatic N) is 1. The van der Waals surface area contributed by atoms with Gasteiger partial charge in [-0.15, -0.1) is 0 Å². The van der Waals surface area contributed by atoms with Gasteiger partial charge in [0, 0.05) is 11.7 Å². The van der Waals surface area contributed by atoms with Gasteiger partial charge in [-0.05, 0) is 24.6 Å². The third kappa shape index (κ3) is 3.41. The molecule has 0 spiro atoms. The molecule has 80 valence electrons. The van der Waals surface area contributed by atoms with E-state index in [1.165, 1.54) is 12.1 Å². The van der Waals surface area contributed by atoms with Crippen molar-refractivity contribution in [3.05, 3.63) is 29.0 Å². The largest absolute Gasteiger partial charge is 0.381 e. The molecule has 0 fully saturated rings. The molecule has 0 saturated carbocycles. The fourth-order valence-corrected chi connectivity index (χ4v) is 1.41. The summed E-state index contributed by atoms with van der Waals surface area (Å²) in [5, 5.41) is 11.8. The van der Waals surface area contributed by atoms with Gasteiger partial charge in [0.15, 0.2) is 0 Å². The molecule has 0 aliphatic carbocycles. The van der Waals surface area contributed by atoms with Crippen LogP contribution < -0.4 is 5.32 Å². The summed E-state index contributed by atoms with van der Waals surface area (Å²) in [7, 11) is 0. The molecule has 0 aliphatic rings. The van der Waals surface area contributed by atoms with E-state index < -0.39 is 5.82 Å². The standard InChI is InChI=1S/C11H12ClFN2/c1-2-8(5-6-14)15-9-3-4-11(13)10(12)7-9/h3-4,7-8,15H,2,5H2,1H3. The first kappa shape index (κ1) is 11.8. The van der Waals surface area contributed by atoms with E-state index in [1.54, 1.807) is 6.07 Å². The minimum absolute atomic E-state index is 0.0801. The maximum atomic E-state index is 12.9. The highest BCUT2D eigenvalue weighted by Gasteiger charge is 2.06. The average Bonchev–Trinajstić information content (AvgIpc) is 2.23. The van der Waals surface area contributed by atoms with Gasteiger partial charge in [-0.3, -0.25) is 0 Å². The number of nitriles is 1. The van der Waals surface area contributed by atoms with Crippen LogP contribution in [0.5, 0.6) is 0 Å². The highest BCUT2D eigenvalue weighted by molar-refractivity contribution is 6.31. The highest BCUT2D eigenvalue weighted by Crippen LogP contribution is 2.20. The summed E-state index contributed by atoms with van der Waals surface area (Å²) in [6.07, 6.45) is 1.26. The Bertz CT molecular complexity index is 373. The fourth-order valence-electron chi connectivity index (χ4n) is 1.23. The number of benzene rings is 1. The first-order valence-corrected chi connectivity index (χ1v) is 5.13. The average molecular weight is 227 g/mol. The van der Waals surface area contributed by atoms with Gasteiger partial charge in [-0.25, -0.2) is 4.39 Å². The normalized spacial score (nSPS) is 11.9. The molecule has 0 amide bonds. The molecular weight excluding hydrogens is 215 g/mol. The van der Waals surface area contributed by atoms with Crippen molar-refractivity contribution in [3.8, 4) is 6.07 Å². The van der Waals surface area contributed by atoms with E-state index in [0.717, 1.165) is 12.1 Å². The van der Waals surface area contributed by atoms with Crippen LogP contribution in [0, 0.1) is 17.1 Å². The molecule has 0 aliphatic heterocycles. The summed E-state index contributed by atoms with van der Waals surface area (Å²) in [5.41, 5.74) is 0.739. The van der Waals surface area contributed by atoms with Crippen molar-refractivity contribution in [1.29, 1.82) is 5.26 Å². The number of halogens is 2. The summed E-state index contributed by atoms with van der Waals surface area (Å²) in [4.78, 5) is 0. The van der Waals surface area contributed by atoms with Crippen LogP contribution in [-0.2, 0) is 0 Å². The number of hydrogen-bond donors (Lipinski definition) is 1. The summed E-state index contributed by atoms with van der Waals surface area (Å²) >= 11 is 5.64. The van der Waals surface area contributed by atoms with E-state index in [-0.39, 0.29) is 11.1 Å². The van der Waals surface area contributed by atoms with Crippen LogP contribution in [0.15, 0.2) is 18.2 Å². The second kappa shape index (κ2) is 5.57. The van der Waals surface area contributed by atoms with E-state index >= 15 is 0 Å². The molecule has 1 N–H and O–H groups in total. The fraction of sp³-hybridized carbons (Fsp3) is 0.364. The molecule has 1 unspecified atom stereocenters. The van der Waals surface area contributed by atoms with Crippen LogP contribution >= 0.6 is 11.6 Å². The van der Waals surface area contributed by atoms with E-state index in [4.69, 9.17) is 16.9 Å². The van der Waals surface area contributed by atoms with E-state index in [0.29, 0.717) is 6.42 Å². The lowest BCUT2D eigenvalue weighted by atomic mass is 10.1. The van der Waals surface area contributed by atoms with E-state index in [9.17, 15) is 4.39 Å². The van der Waals surface area contributed by atoms with Crippen molar-refractivity contribution in [1.82, 2.24) is 0 Å². The molecule has 0 saturated heterocycles. The Kier molecular flexibility index (Phi) is 4.38. The Morgan fingerprint density at radius 2 is 2.33 bits per heavy atom. The van der Waals surface area contributed by atoms with Crippen LogP contribution in [0.2, 0.25) is 5.02 Å². The summed E-state index contributed by atoms with van der Waals surface area (Å²) < 4.78 is 12.9. The molecule has 2 nitrogen and oxygen atoms in total. The predicted molar refractivity (Wildman–Crippen MR) is 59.3 cm³/mol. The zero-order valence-corrected chi connectivity index (χ0v) is 9.18. The first-order valence-electron chi connectivity index (χ1n) is 4.76. The second-order valence-electron chi connectivity index (χ2n) is 3.24. The zero-order valence-electron chi connectivity index (χ0n) is 8.43.